The van der Waals surface area contributed by atoms with Crippen LogP contribution in [0.4, 0.5) is 0 Å². The van der Waals surface area contributed by atoms with Gasteiger partial charge in [-0.3, -0.25) is 19.2 Å². The molecule has 4 amide bonds. The summed E-state index contributed by atoms with van der Waals surface area (Å²) in [7, 11) is 0. The van der Waals surface area contributed by atoms with Crippen molar-refractivity contribution in [3.8, 4) is 5.75 Å². The van der Waals surface area contributed by atoms with Crippen molar-refractivity contribution in [2.45, 2.75) is 58.2 Å². The molecule has 9 heteroatoms. The number of amides is 4. The number of benzene rings is 2. The molecule has 0 aromatic heterocycles. The Labute approximate surface area is 205 Å². The molecule has 188 valence electrons. The molecule has 0 heterocycles. The molecule has 0 aliphatic carbocycles. The lowest BCUT2D eigenvalue weighted by Gasteiger charge is -2.25. The first kappa shape index (κ1) is 27.4. The van der Waals surface area contributed by atoms with Gasteiger partial charge in [0.2, 0.25) is 23.6 Å². The summed E-state index contributed by atoms with van der Waals surface area (Å²) in [6.45, 7) is 5.12. The Hall–Kier alpha value is -3.88. The second-order valence-electron chi connectivity index (χ2n) is 8.97. The molecule has 35 heavy (non-hydrogen) atoms. The lowest BCUT2D eigenvalue weighted by atomic mass is 10.0. The van der Waals surface area contributed by atoms with E-state index in [-0.39, 0.29) is 30.4 Å². The Morgan fingerprint density at radius 3 is 1.74 bits per heavy atom. The number of phenolic OH excluding ortho intramolecular Hbond substituents is 1. The van der Waals surface area contributed by atoms with Gasteiger partial charge in [0.25, 0.3) is 0 Å². The van der Waals surface area contributed by atoms with Crippen LogP contribution >= 0.6 is 0 Å². The summed E-state index contributed by atoms with van der Waals surface area (Å²) in [6.07, 6.45) is 0.684. The molecule has 6 N–H and O–H groups in total. The minimum Gasteiger partial charge on any atom is -0.508 e. The highest BCUT2D eigenvalue weighted by molar-refractivity contribution is 5.94. The van der Waals surface area contributed by atoms with Gasteiger partial charge in [-0.1, -0.05) is 56.3 Å². The Bertz CT molecular complexity index is 1010. The molecule has 2 aromatic rings. The molecule has 0 bridgehead atoms. The van der Waals surface area contributed by atoms with Crippen LogP contribution in [0.1, 0.15) is 38.3 Å². The van der Waals surface area contributed by atoms with E-state index >= 15 is 0 Å². The first-order valence-electron chi connectivity index (χ1n) is 11.5. The number of phenols is 1. The quantitative estimate of drug-likeness (QED) is 0.308. The van der Waals surface area contributed by atoms with Crippen molar-refractivity contribution in [3.05, 3.63) is 65.7 Å². The normalized spacial score (nSPS) is 13.4. The van der Waals surface area contributed by atoms with Crippen LogP contribution in [0, 0.1) is 5.92 Å². The SMILES string of the molecule is CC(=O)N[C@H](Cc1ccccc1)C(=O)N[C@H](Cc1ccc(O)cc1)C(=O)N[C@H](CC(C)C)C(N)=O. The lowest BCUT2D eigenvalue weighted by molar-refractivity contribution is -0.133. The second-order valence-corrected chi connectivity index (χ2v) is 8.97. The summed E-state index contributed by atoms with van der Waals surface area (Å²) >= 11 is 0. The molecule has 0 radical (unpaired) electrons. The summed E-state index contributed by atoms with van der Waals surface area (Å²) in [6, 6.07) is 12.6. The molecule has 0 spiro atoms. The molecule has 2 aromatic carbocycles. The third kappa shape index (κ3) is 9.48. The van der Waals surface area contributed by atoms with Crippen LogP contribution in [-0.2, 0) is 32.0 Å². The van der Waals surface area contributed by atoms with Gasteiger partial charge in [-0.25, -0.2) is 0 Å². The van der Waals surface area contributed by atoms with Crippen LogP contribution in [0.3, 0.4) is 0 Å². The smallest absolute Gasteiger partial charge is 0.243 e. The number of hydrogen-bond acceptors (Lipinski definition) is 5. The Morgan fingerprint density at radius 2 is 1.26 bits per heavy atom. The first-order valence-corrected chi connectivity index (χ1v) is 11.5. The van der Waals surface area contributed by atoms with Gasteiger partial charge in [0.15, 0.2) is 0 Å². The van der Waals surface area contributed by atoms with E-state index in [1.54, 1.807) is 12.1 Å². The number of rotatable bonds is 12. The maximum absolute atomic E-state index is 13.2. The van der Waals surface area contributed by atoms with Crippen molar-refractivity contribution in [2.24, 2.45) is 11.7 Å². The third-order valence-corrected chi connectivity index (χ3v) is 5.35. The maximum atomic E-state index is 13.2. The van der Waals surface area contributed by atoms with E-state index in [2.05, 4.69) is 16.0 Å². The first-order chi connectivity index (χ1) is 16.5. The molecule has 0 aliphatic heterocycles. The van der Waals surface area contributed by atoms with Gasteiger partial charge in [0, 0.05) is 19.8 Å². The summed E-state index contributed by atoms with van der Waals surface area (Å²) in [5, 5.41) is 17.6. The van der Waals surface area contributed by atoms with Gasteiger partial charge in [-0.2, -0.15) is 0 Å². The zero-order chi connectivity index (χ0) is 26.0. The molecular weight excluding hydrogens is 448 g/mol. The minimum atomic E-state index is -1.05. The van der Waals surface area contributed by atoms with Crippen LogP contribution in [0.15, 0.2) is 54.6 Å². The zero-order valence-corrected chi connectivity index (χ0v) is 20.3. The highest BCUT2D eigenvalue weighted by Gasteiger charge is 2.29. The molecule has 0 aliphatic rings. The fourth-order valence-electron chi connectivity index (χ4n) is 3.64. The van der Waals surface area contributed by atoms with Crippen molar-refractivity contribution in [1.29, 1.82) is 0 Å². The Morgan fingerprint density at radius 1 is 0.771 bits per heavy atom. The van der Waals surface area contributed by atoms with Gasteiger partial charge >= 0.3 is 0 Å². The number of nitrogens with one attached hydrogen (secondary N) is 3. The molecule has 2 rings (SSSR count). The number of carbonyl (C=O) groups excluding carboxylic acids is 4. The molecular formula is C26H34N4O5. The lowest BCUT2D eigenvalue weighted by Crippen LogP contribution is -2.57. The summed E-state index contributed by atoms with van der Waals surface area (Å²) < 4.78 is 0. The number of hydrogen-bond donors (Lipinski definition) is 5. The average molecular weight is 483 g/mol. The van der Waals surface area contributed by atoms with Gasteiger partial charge in [0.1, 0.15) is 23.9 Å². The highest BCUT2D eigenvalue weighted by atomic mass is 16.3. The maximum Gasteiger partial charge on any atom is 0.243 e. The van der Waals surface area contributed by atoms with Crippen LogP contribution < -0.4 is 21.7 Å². The fourth-order valence-corrected chi connectivity index (χ4v) is 3.64. The fraction of sp³-hybridized carbons (Fsp3) is 0.385. The highest BCUT2D eigenvalue weighted by Crippen LogP contribution is 2.13. The van der Waals surface area contributed by atoms with Crippen molar-refractivity contribution in [3.63, 3.8) is 0 Å². The van der Waals surface area contributed by atoms with E-state index < -0.39 is 35.8 Å². The van der Waals surface area contributed by atoms with Crippen LogP contribution in [0.2, 0.25) is 0 Å². The van der Waals surface area contributed by atoms with Gasteiger partial charge in [0.05, 0.1) is 0 Å². The standard InChI is InChI=1S/C26H34N4O5/c1-16(2)13-21(24(27)33)29-26(35)23(15-19-9-11-20(32)12-10-19)30-25(34)22(28-17(3)31)14-18-7-5-4-6-8-18/h4-12,16,21-23,32H,13-15H2,1-3H3,(H2,27,33)(H,28,31)(H,29,35)(H,30,34)/t21-,22-,23-/m1/s1. The van der Waals surface area contributed by atoms with Crippen molar-refractivity contribution >= 4 is 23.6 Å². The van der Waals surface area contributed by atoms with E-state index in [4.69, 9.17) is 5.73 Å². The summed E-state index contributed by atoms with van der Waals surface area (Å²) in [4.78, 5) is 50.0. The van der Waals surface area contributed by atoms with E-state index in [1.807, 2.05) is 44.2 Å². The zero-order valence-electron chi connectivity index (χ0n) is 20.3. The van der Waals surface area contributed by atoms with Crippen LogP contribution in [-0.4, -0.2) is 46.9 Å². The molecule has 3 atom stereocenters. The third-order valence-electron chi connectivity index (χ3n) is 5.35. The summed E-state index contributed by atoms with van der Waals surface area (Å²) in [5.41, 5.74) is 7.00. The van der Waals surface area contributed by atoms with E-state index in [9.17, 15) is 24.3 Å². The Balaban J connectivity index is 2.26. The molecule has 9 nitrogen and oxygen atoms in total. The van der Waals surface area contributed by atoms with Crippen LogP contribution in [0.5, 0.6) is 5.75 Å². The van der Waals surface area contributed by atoms with E-state index in [0.717, 1.165) is 5.56 Å². The largest absolute Gasteiger partial charge is 0.508 e. The second kappa shape index (κ2) is 13.1. The molecule has 0 saturated carbocycles. The van der Waals surface area contributed by atoms with Gasteiger partial charge in [-0.05, 0) is 35.6 Å². The number of primary amides is 1. The molecule has 0 saturated heterocycles. The molecule has 0 fully saturated rings. The number of aromatic hydroxyl groups is 1. The van der Waals surface area contributed by atoms with Gasteiger partial charge in [-0.15, -0.1) is 0 Å². The van der Waals surface area contributed by atoms with E-state index in [1.165, 1.54) is 19.1 Å². The number of carbonyl (C=O) groups is 4. The Kier molecular flexibility index (Phi) is 10.3. The predicted molar refractivity (Wildman–Crippen MR) is 132 cm³/mol. The number of nitrogens with two attached hydrogens (primary N) is 1. The molecule has 0 unspecified atom stereocenters. The van der Waals surface area contributed by atoms with Crippen molar-refractivity contribution in [2.75, 3.05) is 0 Å². The van der Waals surface area contributed by atoms with Gasteiger partial charge < -0.3 is 26.8 Å². The minimum absolute atomic E-state index is 0.0677. The topological polar surface area (TPSA) is 151 Å². The predicted octanol–water partition coefficient (Wildman–Crippen LogP) is 1.18. The van der Waals surface area contributed by atoms with E-state index in [0.29, 0.717) is 12.0 Å². The van der Waals surface area contributed by atoms with Crippen LogP contribution in [0.25, 0.3) is 0 Å². The monoisotopic (exact) mass is 482 g/mol. The average Bonchev–Trinajstić information content (AvgIpc) is 2.79. The van der Waals surface area contributed by atoms with Crippen molar-refractivity contribution < 1.29 is 24.3 Å². The summed E-state index contributed by atoms with van der Waals surface area (Å²) in [5.74, 6) is -1.99. The van der Waals surface area contributed by atoms with Crippen molar-refractivity contribution in [1.82, 2.24) is 16.0 Å².